The maximum Gasteiger partial charge on any atom is 0.357 e. The minimum absolute atomic E-state index is 0.0627. The Balaban J connectivity index is 1.98. The van der Waals surface area contributed by atoms with Crippen LogP contribution in [0.4, 0.5) is 0 Å². The number of hydrogen-bond donors (Lipinski definition) is 4. The molecule has 0 radical (unpaired) electrons. The molecule has 0 heterocycles. The Morgan fingerprint density at radius 1 is 0.929 bits per heavy atom. The van der Waals surface area contributed by atoms with Crippen LogP contribution >= 0.6 is 15.2 Å². The summed E-state index contributed by atoms with van der Waals surface area (Å²) < 4.78 is 39.3. The summed E-state index contributed by atoms with van der Waals surface area (Å²) in [5.74, 6) is 0.680. The molecule has 0 saturated heterocycles. The summed E-state index contributed by atoms with van der Waals surface area (Å²) in [7, 11) is -9.38. The smallest absolute Gasteiger partial charge is 0.357 e. The zero-order valence-corrected chi connectivity index (χ0v) is 18.5. The van der Waals surface area contributed by atoms with Crippen LogP contribution in [0.5, 0.6) is 0 Å². The number of unbranched alkanes of at least 4 members (excludes halogenated alkanes) is 7. The third-order valence-electron chi connectivity index (χ3n) is 4.19. The molecular weight excluding hydrogens is 424 g/mol. The van der Waals surface area contributed by atoms with Gasteiger partial charge in [-0.25, -0.2) is 0 Å². The molecule has 0 fully saturated rings. The molecule has 3 unspecified atom stereocenters. The predicted molar refractivity (Wildman–Crippen MR) is 110 cm³/mol. The normalized spacial score (nSPS) is 16.5. The molecule has 11 heteroatoms. The second-order valence-electron chi connectivity index (χ2n) is 6.59. The van der Waals surface area contributed by atoms with Crippen molar-refractivity contribution < 1.29 is 32.9 Å². The van der Waals surface area contributed by atoms with Gasteiger partial charge in [-0.15, -0.1) is 0 Å². The molecule has 8 nitrogen and oxygen atoms in total. The molecule has 1 aromatic carbocycles. The molecule has 1 rings (SSSR count). The van der Waals surface area contributed by atoms with E-state index in [0.29, 0.717) is 12.2 Å². The van der Waals surface area contributed by atoms with Gasteiger partial charge in [0.2, 0.25) is 5.52 Å². The van der Waals surface area contributed by atoms with E-state index in [1.54, 1.807) is 0 Å². The molecule has 0 saturated carbocycles. The summed E-state index contributed by atoms with van der Waals surface area (Å²) in [6.07, 6.45) is 7.40. The molecule has 0 bridgehead atoms. The van der Waals surface area contributed by atoms with Gasteiger partial charge in [0.05, 0.1) is 6.61 Å². The second kappa shape index (κ2) is 13.2. The number of benzene rings is 1. The molecule has 3 atom stereocenters. The lowest BCUT2D eigenvalue weighted by Gasteiger charge is -2.19. The fraction of sp³-hybridized carbons (Fsp3) is 0.647. The van der Waals surface area contributed by atoms with Crippen molar-refractivity contribution in [2.45, 2.75) is 61.8 Å². The third kappa shape index (κ3) is 10.5. The highest BCUT2D eigenvalue weighted by molar-refractivity contribution is 7.91. The van der Waals surface area contributed by atoms with Crippen LogP contribution in [-0.2, 0) is 24.8 Å². The van der Waals surface area contributed by atoms with E-state index in [9.17, 15) is 18.6 Å². The molecule has 0 aromatic heterocycles. The van der Waals surface area contributed by atoms with E-state index in [2.05, 4.69) is 0 Å². The summed E-state index contributed by atoms with van der Waals surface area (Å²) in [6, 6.07) is 9.46. The van der Waals surface area contributed by atoms with Gasteiger partial charge in [-0.3, -0.25) is 9.13 Å². The van der Waals surface area contributed by atoms with Crippen molar-refractivity contribution in [2.24, 2.45) is 5.73 Å². The van der Waals surface area contributed by atoms with Crippen molar-refractivity contribution in [3.63, 3.8) is 0 Å². The van der Waals surface area contributed by atoms with E-state index < -0.39 is 31.9 Å². The van der Waals surface area contributed by atoms with E-state index in [-0.39, 0.29) is 6.61 Å². The highest BCUT2D eigenvalue weighted by atomic mass is 32.2. The topological polar surface area (TPSA) is 153 Å². The quantitative estimate of drug-likeness (QED) is 0.178. The van der Waals surface area contributed by atoms with Crippen LogP contribution in [0, 0.1) is 0 Å². The zero-order valence-electron chi connectivity index (χ0n) is 15.9. The maximum absolute atomic E-state index is 12.1. The van der Waals surface area contributed by atoms with Crippen LogP contribution in [-0.4, -0.2) is 37.1 Å². The zero-order chi connectivity index (χ0) is 21.0. The van der Waals surface area contributed by atoms with Gasteiger partial charge in [0, 0.05) is 0 Å². The molecule has 0 aliphatic rings. The maximum atomic E-state index is 12.1. The second-order valence-corrected chi connectivity index (χ2v) is 12.2. The van der Waals surface area contributed by atoms with E-state index in [4.69, 9.17) is 20.0 Å². The van der Waals surface area contributed by atoms with Crippen molar-refractivity contribution in [3.05, 3.63) is 30.3 Å². The molecule has 5 N–H and O–H groups in total. The van der Waals surface area contributed by atoms with Crippen molar-refractivity contribution in [3.8, 4) is 0 Å². The Kier molecular flexibility index (Phi) is 12.1. The fourth-order valence-corrected chi connectivity index (χ4v) is 5.97. The van der Waals surface area contributed by atoms with Gasteiger partial charge in [0.15, 0.2) is 4.90 Å². The summed E-state index contributed by atoms with van der Waals surface area (Å²) in [5.41, 5.74) is 2.88. The number of hydrogen-bond acceptors (Lipinski definition) is 5. The first-order valence-corrected chi connectivity index (χ1v) is 14.0. The van der Waals surface area contributed by atoms with Gasteiger partial charge < -0.3 is 29.5 Å². The van der Waals surface area contributed by atoms with Crippen molar-refractivity contribution in [1.82, 2.24) is 0 Å². The summed E-state index contributed by atoms with van der Waals surface area (Å²) in [5, 5.41) is 0. The molecule has 28 heavy (non-hydrogen) atoms. The third-order valence-corrected chi connectivity index (χ3v) is 9.33. The lowest BCUT2D eigenvalue weighted by atomic mass is 10.1. The van der Waals surface area contributed by atoms with Crippen LogP contribution in [0.2, 0.25) is 0 Å². The molecular formula is C17H31NO7P2S. The summed E-state index contributed by atoms with van der Waals surface area (Å²) in [4.78, 5) is 28.0. The summed E-state index contributed by atoms with van der Waals surface area (Å²) >= 11 is -0.928. The Hall–Kier alpha value is -0.210. The van der Waals surface area contributed by atoms with Gasteiger partial charge in [-0.05, 0) is 42.6 Å². The first-order valence-electron chi connectivity index (χ1n) is 9.36. The van der Waals surface area contributed by atoms with E-state index in [0.717, 1.165) is 49.8 Å². The molecule has 1 aromatic rings. The van der Waals surface area contributed by atoms with E-state index in [1.807, 2.05) is 30.3 Å². The van der Waals surface area contributed by atoms with Crippen molar-refractivity contribution in [1.29, 1.82) is 0 Å². The van der Waals surface area contributed by atoms with E-state index in [1.165, 1.54) is 0 Å². The average Bonchev–Trinajstić information content (AvgIpc) is 2.65. The van der Waals surface area contributed by atoms with Gasteiger partial charge in [0.1, 0.15) is 5.75 Å². The van der Waals surface area contributed by atoms with Gasteiger partial charge >= 0.3 is 15.2 Å². The van der Waals surface area contributed by atoms with Gasteiger partial charge in [-0.1, -0.05) is 50.3 Å². The molecule has 0 amide bonds. The minimum Gasteiger partial charge on any atom is -0.611 e. The van der Waals surface area contributed by atoms with Crippen LogP contribution in [0.1, 0.15) is 51.4 Å². The average molecular weight is 455 g/mol. The van der Waals surface area contributed by atoms with Gasteiger partial charge in [-0.2, -0.15) is 0 Å². The fourth-order valence-electron chi connectivity index (χ4n) is 2.55. The van der Waals surface area contributed by atoms with E-state index >= 15 is 0 Å². The first-order chi connectivity index (χ1) is 13.1. The molecule has 0 spiro atoms. The Bertz CT molecular complexity index is 644. The summed E-state index contributed by atoms with van der Waals surface area (Å²) in [6.45, 7) is -0.0627. The number of rotatable bonds is 15. The molecule has 0 aliphatic heterocycles. The lowest BCUT2D eigenvalue weighted by molar-refractivity contribution is 0.246. The molecule has 0 aliphatic carbocycles. The SMILES string of the molecule is NC(P(=O)(O)O)P(=O)(O)OCCCCCCCCCC[S+]([O-])c1ccccc1. The minimum atomic E-state index is -4.86. The van der Waals surface area contributed by atoms with Crippen LogP contribution in [0.15, 0.2) is 35.2 Å². The van der Waals surface area contributed by atoms with Crippen LogP contribution in [0.25, 0.3) is 0 Å². The Morgan fingerprint density at radius 2 is 1.43 bits per heavy atom. The Morgan fingerprint density at radius 3 is 1.96 bits per heavy atom. The first kappa shape index (κ1) is 25.8. The van der Waals surface area contributed by atoms with Gasteiger partial charge in [0.25, 0.3) is 0 Å². The number of nitrogens with two attached hydrogens (primary N) is 1. The van der Waals surface area contributed by atoms with Crippen molar-refractivity contribution >= 4 is 26.4 Å². The standard InChI is InChI=1S/C17H31NO7P2S/c18-17(26(19,20)21)27(22,23)25-14-10-5-3-1-2-4-6-11-15-28(24)16-12-8-7-9-13-16/h7-9,12-13,17H,1-6,10-11,14-15,18H2,(H,22,23)(H2,19,20,21). The van der Waals surface area contributed by atoms with Crippen molar-refractivity contribution in [2.75, 3.05) is 12.4 Å². The predicted octanol–water partition coefficient (Wildman–Crippen LogP) is 3.54. The van der Waals surface area contributed by atoms with Crippen LogP contribution in [0.3, 0.4) is 0 Å². The van der Waals surface area contributed by atoms with Crippen LogP contribution < -0.4 is 5.73 Å². The highest BCUT2D eigenvalue weighted by Crippen LogP contribution is 2.60. The largest absolute Gasteiger partial charge is 0.611 e. The monoisotopic (exact) mass is 455 g/mol. The Labute approximate surface area is 169 Å². The highest BCUT2D eigenvalue weighted by Gasteiger charge is 2.42. The lowest BCUT2D eigenvalue weighted by Crippen LogP contribution is -2.21. The molecule has 162 valence electrons.